The normalized spacial score (nSPS) is 15.4. The second kappa shape index (κ2) is 13.7. The summed E-state index contributed by atoms with van der Waals surface area (Å²) in [6.45, 7) is 2.85. The van der Waals surface area contributed by atoms with Gasteiger partial charge in [0.25, 0.3) is 0 Å². The van der Waals surface area contributed by atoms with Crippen LogP contribution in [0.3, 0.4) is 0 Å². The van der Waals surface area contributed by atoms with Gasteiger partial charge in [-0.05, 0) is 23.6 Å². The number of carboxylic acid groups (broad SMARTS) is 1. The van der Waals surface area contributed by atoms with Crippen LogP contribution in [0.1, 0.15) is 25.8 Å². The van der Waals surface area contributed by atoms with Gasteiger partial charge in [-0.15, -0.1) is 0 Å². The van der Waals surface area contributed by atoms with Crippen LogP contribution in [0, 0.1) is 5.92 Å². The minimum Gasteiger partial charge on any atom is -0.508 e. The number of aliphatic carboxylic acids is 1. The summed E-state index contributed by atoms with van der Waals surface area (Å²) >= 11 is 4.05. The molecule has 5 unspecified atom stereocenters. The molecule has 1 aromatic rings. The van der Waals surface area contributed by atoms with E-state index in [0.717, 1.165) is 0 Å². The number of hydrogen-bond acceptors (Lipinski definition) is 8. The zero-order valence-electron chi connectivity index (χ0n) is 18.5. The van der Waals surface area contributed by atoms with Crippen LogP contribution < -0.4 is 21.7 Å². The summed E-state index contributed by atoms with van der Waals surface area (Å²) in [5, 5.41) is 35.3. The van der Waals surface area contributed by atoms with Crippen molar-refractivity contribution in [1.82, 2.24) is 16.0 Å². The molecule has 0 aliphatic rings. The first-order chi connectivity index (χ1) is 15.5. The number of hydrogen-bond donors (Lipinski definition) is 8. The molecule has 12 heteroatoms. The van der Waals surface area contributed by atoms with E-state index in [-0.39, 0.29) is 23.8 Å². The zero-order chi connectivity index (χ0) is 25.1. The van der Waals surface area contributed by atoms with Gasteiger partial charge >= 0.3 is 5.97 Å². The Hall–Kier alpha value is -2.83. The Morgan fingerprint density at radius 2 is 1.55 bits per heavy atom. The standard InChI is InChI=1S/C21H32N4O7S/c1-3-11(2)17(21(31)32)25-19(29)15(8-12-4-6-13(27)7-5-12)23-20(30)16(10-33)24-18(28)14(22)9-26/h4-7,11,14-17,26-27,33H,3,8-10,22H2,1-2H3,(H,23,30)(H,24,28)(H,25,29)(H,31,32). The van der Waals surface area contributed by atoms with E-state index in [1.165, 1.54) is 12.1 Å². The maximum absolute atomic E-state index is 13.0. The number of aliphatic hydroxyl groups is 1. The number of carbonyl (C=O) groups is 4. The van der Waals surface area contributed by atoms with E-state index in [0.29, 0.717) is 12.0 Å². The minimum atomic E-state index is -1.23. The fraction of sp³-hybridized carbons (Fsp3) is 0.524. The molecular weight excluding hydrogens is 452 g/mol. The largest absolute Gasteiger partial charge is 0.508 e. The van der Waals surface area contributed by atoms with E-state index >= 15 is 0 Å². The van der Waals surface area contributed by atoms with Gasteiger partial charge in [0.1, 0.15) is 29.9 Å². The summed E-state index contributed by atoms with van der Waals surface area (Å²) in [6.07, 6.45) is 0.499. The predicted octanol–water partition coefficient (Wildman–Crippen LogP) is -1.23. The maximum Gasteiger partial charge on any atom is 0.326 e. The molecule has 0 aliphatic carbocycles. The van der Waals surface area contributed by atoms with E-state index in [4.69, 9.17) is 10.8 Å². The van der Waals surface area contributed by atoms with Crippen molar-refractivity contribution in [1.29, 1.82) is 0 Å². The first-order valence-electron chi connectivity index (χ1n) is 10.4. The molecule has 5 atom stereocenters. The van der Waals surface area contributed by atoms with Crippen molar-refractivity contribution in [2.45, 2.75) is 50.9 Å². The van der Waals surface area contributed by atoms with E-state index in [1.807, 2.05) is 0 Å². The first-order valence-corrected chi connectivity index (χ1v) is 11.1. The molecule has 33 heavy (non-hydrogen) atoms. The van der Waals surface area contributed by atoms with Gasteiger partial charge in [-0.2, -0.15) is 12.6 Å². The minimum absolute atomic E-state index is 0.00586. The van der Waals surface area contributed by atoms with E-state index in [2.05, 4.69) is 28.6 Å². The second-order valence-electron chi connectivity index (χ2n) is 7.67. The highest BCUT2D eigenvalue weighted by Crippen LogP contribution is 2.13. The third-order valence-electron chi connectivity index (χ3n) is 5.13. The number of carboxylic acids is 1. The summed E-state index contributed by atoms with van der Waals surface area (Å²) in [5.41, 5.74) is 6.04. The molecule has 1 aromatic carbocycles. The lowest BCUT2D eigenvalue weighted by Crippen LogP contribution is -2.59. The second-order valence-corrected chi connectivity index (χ2v) is 8.04. The van der Waals surface area contributed by atoms with Crippen LogP contribution in [-0.4, -0.2) is 75.5 Å². The van der Waals surface area contributed by atoms with Gasteiger partial charge in [-0.25, -0.2) is 4.79 Å². The molecule has 8 N–H and O–H groups in total. The fourth-order valence-corrected chi connectivity index (χ4v) is 3.10. The zero-order valence-corrected chi connectivity index (χ0v) is 19.4. The Bertz CT molecular complexity index is 821. The maximum atomic E-state index is 13.0. The molecular formula is C21H32N4O7S. The van der Waals surface area contributed by atoms with Crippen molar-refractivity contribution in [2.75, 3.05) is 12.4 Å². The molecule has 3 amide bonds. The van der Waals surface area contributed by atoms with Crippen molar-refractivity contribution in [2.24, 2.45) is 11.7 Å². The predicted molar refractivity (Wildman–Crippen MR) is 124 cm³/mol. The van der Waals surface area contributed by atoms with Crippen LogP contribution >= 0.6 is 12.6 Å². The Morgan fingerprint density at radius 3 is 2.03 bits per heavy atom. The van der Waals surface area contributed by atoms with Crippen LogP contribution in [0.25, 0.3) is 0 Å². The molecule has 0 radical (unpaired) electrons. The summed E-state index contributed by atoms with van der Waals surface area (Å²) in [4.78, 5) is 49.3. The number of thiol groups is 1. The lowest BCUT2D eigenvalue weighted by atomic mass is 9.98. The van der Waals surface area contributed by atoms with Crippen LogP contribution in [0.5, 0.6) is 5.75 Å². The number of nitrogens with one attached hydrogen (secondary N) is 3. The Kier molecular flexibility index (Phi) is 11.7. The lowest BCUT2D eigenvalue weighted by molar-refractivity contribution is -0.143. The van der Waals surface area contributed by atoms with Gasteiger partial charge in [0.15, 0.2) is 0 Å². The van der Waals surface area contributed by atoms with Crippen LogP contribution in [0.15, 0.2) is 24.3 Å². The SMILES string of the molecule is CCC(C)C(NC(=O)C(Cc1ccc(O)cc1)NC(=O)C(CS)NC(=O)C(N)CO)C(=O)O. The van der Waals surface area contributed by atoms with Crippen LogP contribution in [0.4, 0.5) is 0 Å². The smallest absolute Gasteiger partial charge is 0.326 e. The molecule has 0 aliphatic heterocycles. The highest BCUT2D eigenvalue weighted by atomic mass is 32.1. The number of aliphatic hydroxyl groups excluding tert-OH is 1. The quantitative estimate of drug-likeness (QED) is 0.160. The van der Waals surface area contributed by atoms with Crippen LogP contribution in [-0.2, 0) is 25.6 Å². The van der Waals surface area contributed by atoms with Crippen molar-refractivity contribution < 1.29 is 34.5 Å². The molecule has 0 fully saturated rings. The van der Waals surface area contributed by atoms with Gasteiger partial charge in [-0.3, -0.25) is 14.4 Å². The topological polar surface area (TPSA) is 191 Å². The summed E-state index contributed by atoms with van der Waals surface area (Å²) < 4.78 is 0. The van der Waals surface area contributed by atoms with Crippen LogP contribution in [0.2, 0.25) is 0 Å². The number of nitrogens with two attached hydrogens (primary N) is 1. The molecule has 0 heterocycles. The monoisotopic (exact) mass is 484 g/mol. The molecule has 0 saturated heterocycles. The molecule has 0 saturated carbocycles. The summed E-state index contributed by atoms with van der Waals surface area (Å²) in [5.74, 6) is -3.89. The van der Waals surface area contributed by atoms with Gasteiger partial charge in [0.05, 0.1) is 6.61 Å². The molecule has 11 nitrogen and oxygen atoms in total. The summed E-state index contributed by atoms with van der Waals surface area (Å²) in [6, 6.07) is 1.22. The highest BCUT2D eigenvalue weighted by molar-refractivity contribution is 7.80. The fourth-order valence-electron chi connectivity index (χ4n) is 2.84. The van der Waals surface area contributed by atoms with Gasteiger partial charge < -0.3 is 37.0 Å². The Morgan fingerprint density at radius 1 is 1.00 bits per heavy atom. The number of amides is 3. The van der Waals surface area contributed by atoms with E-state index in [1.54, 1.807) is 26.0 Å². The number of benzene rings is 1. The average molecular weight is 485 g/mol. The Balaban J connectivity index is 3.08. The average Bonchev–Trinajstić information content (AvgIpc) is 2.79. The summed E-state index contributed by atoms with van der Waals surface area (Å²) in [7, 11) is 0. The third-order valence-corrected chi connectivity index (χ3v) is 5.50. The van der Waals surface area contributed by atoms with Gasteiger partial charge in [0.2, 0.25) is 17.7 Å². The Labute approximate surface area is 197 Å². The molecule has 0 aromatic heterocycles. The third kappa shape index (κ3) is 8.91. The first kappa shape index (κ1) is 28.2. The van der Waals surface area contributed by atoms with Gasteiger partial charge in [0, 0.05) is 12.2 Å². The van der Waals surface area contributed by atoms with E-state index < -0.39 is 54.5 Å². The lowest BCUT2D eigenvalue weighted by Gasteiger charge is -2.26. The molecule has 1 rings (SSSR count). The number of carbonyl (C=O) groups excluding carboxylic acids is 3. The molecule has 184 valence electrons. The number of aromatic hydroxyl groups is 1. The number of phenolic OH excluding ortho intramolecular Hbond substituents is 1. The van der Waals surface area contributed by atoms with Crippen molar-refractivity contribution in [3.05, 3.63) is 29.8 Å². The van der Waals surface area contributed by atoms with E-state index in [9.17, 15) is 29.4 Å². The number of rotatable bonds is 13. The van der Waals surface area contributed by atoms with Gasteiger partial charge in [-0.1, -0.05) is 32.4 Å². The molecule has 0 spiro atoms. The number of phenols is 1. The van der Waals surface area contributed by atoms with Crippen molar-refractivity contribution in [3.63, 3.8) is 0 Å². The van der Waals surface area contributed by atoms with Crippen molar-refractivity contribution >= 4 is 36.3 Å². The molecule has 0 bridgehead atoms. The van der Waals surface area contributed by atoms with Crippen molar-refractivity contribution in [3.8, 4) is 5.75 Å². The highest BCUT2D eigenvalue weighted by Gasteiger charge is 2.31.